The van der Waals surface area contributed by atoms with Gasteiger partial charge in [-0.05, 0) is 35.9 Å². The summed E-state index contributed by atoms with van der Waals surface area (Å²) in [5, 5.41) is 20.5. The van der Waals surface area contributed by atoms with Gasteiger partial charge in [0.15, 0.2) is 5.54 Å². The number of hydrogen-bond acceptors (Lipinski definition) is 4. The molecule has 0 bridgehead atoms. The molecule has 0 saturated carbocycles. The summed E-state index contributed by atoms with van der Waals surface area (Å²) in [5.41, 5.74) is -1.13. The predicted molar refractivity (Wildman–Crippen MR) is 109 cm³/mol. The average Bonchev–Trinajstić information content (AvgIpc) is 3.04. The van der Waals surface area contributed by atoms with E-state index in [1.165, 1.54) is 47.2 Å². The van der Waals surface area contributed by atoms with E-state index in [1.54, 1.807) is 12.1 Å². The van der Waals surface area contributed by atoms with E-state index in [4.69, 9.17) is 11.6 Å². The SMILES string of the molecule is CS(=O)(=O)Nc1cccc2c1ccn2C(CC(=O)O)(C(=O)O)c1ccc(Cl)cc1. The maximum absolute atomic E-state index is 12.5. The van der Waals surface area contributed by atoms with Crippen molar-refractivity contribution in [3.8, 4) is 0 Å². The van der Waals surface area contributed by atoms with E-state index >= 15 is 0 Å². The first-order valence-corrected chi connectivity index (χ1v) is 10.6. The van der Waals surface area contributed by atoms with Crippen molar-refractivity contribution in [1.82, 2.24) is 4.57 Å². The molecule has 0 amide bonds. The van der Waals surface area contributed by atoms with Crippen molar-refractivity contribution in [2.24, 2.45) is 0 Å². The molecule has 0 fully saturated rings. The van der Waals surface area contributed by atoms with Crippen LogP contribution in [0, 0.1) is 0 Å². The van der Waals surface area contributed by atoms with Gasteiger partial charge >= 0.3 is 11.9 Å². The summed E-state index contributed by atoms with van der Waals surface area (Å²) in [6, 6.07) is 12.1. The molecular weight excluding hydrogens is 420 g/mol. The zero-order valence-corrected chi connectivity index (χ0v) is 16.7. The summed E-state index contributed by atoms with van der Waals surface area (Å²) in [6.45, 7) is 0. The first kappa shape index (κ1) is 20.7. The number of aromatic nitrogens is 1. The highest BCUT2D eigenvalue weighted by Gasteiger charge is 2.45. The molecule has 8 nitrogen and oxygen atoms in total. The van der Waals surface area contributed by atoms with Crippen LogP contribution in [0.2, 0.25) is 5.02 Å². The molecule has 1 atom stereocenters. The fourth-order valence-corrected chi connectivity index (χ4v) is 4.07. The second-order valence-electron chi connectivity index (χ2n) is 6.54. The van der Waals surface area contributed by atoms with Crippen LogP contribution in [-0.4, -0.2) is 41.4 Å². The number of fused-ring (bicyclic) bond motifs is 1. The van der Waals surface area contributed by atoms with E-state index in [0.717, 1.165) is 6.26 Å². The Morgan fingerprint density at radius 2 is 1.76 bits per heavy atom. The second kappa shape index (κ2) is 7.41. The van der Waals surface area contributed by atoms with Crippen molar-refractivity contribution < 1.29 is 28.2 Å². The Balaban J connectivity index is 2.33. The van der Waals surface area contributed by atoms with Gasteiger partial charge in [0.1, 0.15) is 0 Å². The number of nitrogens with zero attached hydrogens (tertiary/aromatic N) is 1. The summed E-state index contributed by atoms with van der Waals surface area (Å²) in [7, 11) is -3.57. The Morgan fingerprint density at radius 1 is 1.10 bits per heavy atom. The zero-order chi connectivity index (χ0) is 21.4. The molecule has 2 aromatic carbocycles. The number of carboxylic acid groups (broad SMARTS) is 2. The van der Waals surface area contributed by atoms with Crippen LogP contribution in [0.15, 0.2) is 54.7 Å². The zero-order valence-electron chi connectivity index (χ0n) is 15.2. The van der Waals surface area contributed by atoms with Gasteiger partial charge in [-0.15, -0.1) is 0 Å². The number of halogens is 1. The van der Waals surface area contributed by atoms with Crippen molar-refractivity contribution in [3.05, 3.63) is 65.3 Å². The van der Waals surface area contributed by atoms with Crippen LogP contribution in [0.25, 0.3) is 10.9 Å². The Bertz CT molecular complexity index is 1200. The van der Waals surface area contributed by atoms with E-state index in [1.807, 2.05) is 0 Å². The number of hydrogen-bond donors (Lipinski definition) is 3. The normalized spacial score (nSPS) is 13.7. The number of nitrogens with one attached hydrogen (secondary N) is 1. The van der Waals surface area contributed by atoms with Gasteiger partial charge in [-0.3, -0.25) is 9.52 Å². The van der Waals surface area contributed by atoms with Gasteiger partial charge < -0.3 is 14.8 Å². The molecule has 0 saturated heterocycles. The van der Waals surface area contributed by atoms with Crippen LogP contribution in [0.4, 0.5) is 5.69 Å². The minimum Gasteiger partial charge on any atom is -0.481 e. The molecule has 0 aliphatic heterocycles. The van der Waals surface area contributed by atoms with Crippen molar-refractivity contribution in [1.29, 1.82) is 0 Å². The standard InChI is InChI=1S/C19H17ClN2O6S/c1-29(27,28)21-15-3-2-4-16-14(15)9-10-22(16)19(18(25)26,11-17(23)24)12-5-7-13(20)8-6-12/h2-10,21H,11H2,1H3,(H,23,24)(H,25,26). The first-order valence-electron chi connectivity index (χ1n) is 8.34. The number of rotatable bonds is 7. The minimum absolute atomic E-state index is 0.218. The molecule has 10 heteroatoms. The first-order chi connectivity index (χ1) is 13.5. The van der Waals surface area contributed by atoms with Crippen molar-refractivity contribution in [2.75, 3.05) is 11.0 Å². The maximum atomic E-state index is 12.5. The molecular formula is C19H17ClN2O6S. The molecule has 3 N–H and O–H groups in total. The van der Waals surface area contributed by atoms with Crippen LogP contribution >= 0.6 is 11.6 Å². The van der Waals surface area contributed by atoms with Crippen LogP contribution in [0.1, 0.15) is 12.0 Å². The number of benzene rings is 2. The van der Waals surface area contributed by atoms with Crippen molar-refractivity contribution in [3.63, 3.8) is 0 Å². The lowest BCUT2D eigenvalue weighted by Gasteiger charge is -2.31. The topological polar surface area (TPSA) is 126 Å². The lowest BCUT2D eigenvalue weighted by atomic mass is 9.86. The third kappa shape index (κ3) is 3.92. The van der Waals surface area contributed by atoms with Gasteiger partial charge in [-0.2, -0.15) is 0 Å². The van der Waals surface area contributed by atoms with Gasteiger partial charge in [0, 0.05) is 16.6 Å². The summed E-state index contributed by atoms with van der Waals surface area (Å²) in [6.07, 6.45) is 1.70. The van der Waals surface area contributed by atoms with Gasteiger partial charge in [-0.25, -0.2) is 13.2 Å². The lowest BCUT2D eigenvalue weighted by Crippen LogP contribution is -2.44. The molecule has 0 spiro atoms. The van der Waals surface area contributed by atoms with Crippen molar-refractivity contribution >= 4 is 50.2 Å². The molecule has 152 valence electrons. The number of carboxylic acids is 2. The van der Waals surface area contributed by atoms with Crippen LogP contribution in [0.3, 0.4) is 0 Å². The molecule has 1 unspecified atom stereocenters. The fraction of sp³-hybridized carbons (Fsp3) is 0.158. The van der Waals surface area contributed by atoms with Gasteiger partial charge in [0.2, 0.25) is 10.0 Å². The highest BCUT2D eigenvalue weighted by atomic mass is 35.5. The van der Waals surface area contributed by atoms with Crippen LogP contribution in [-0.2, 0) is 25.2 Å². The summed E-state index contributed by atoms with van der Waals surface area (Å²) < 4.78 is 27.0. The van der Waals surface area contributed by atoms with E-state index in [-0.39, 0.29) is 11.3 Å². The van der Waals surface area contributed by atoms with E-state index < -0.39 is 33.9 Å². The molecule has 3 aromatic rings. The Labute approximate surface area is 171 Å². The summed E-state index contributed by atoms with van der Waals surface area (Å²) >= 11 is 5.91. The molecule has 1 heterocycles. The van der Waals surface area contributed by atoms with E-state index in [2.05, 4.69) is 4.72 Å². The van der Waals surface area contributed by atoms with E-state index in [9.17, 15) is 28.2 Å². The summed E-state index contributed by atoms with van der Waals surface area (Å²) in [4.78, 5) is 24.1. The lowest BCUT2D eigenvalue weighted by molar-refractivity contribution is -0.151. The monoisotopic (exact) mass is 436 g/mol. The fourth-order valence-electron chi connectivity index (χ4n) is 3.36. The molecule has 0 aliphatic carbocycles. The van der Waals surface area contributed by atoms with Gasteiger partial charge in [0.25, 0.3) is 0 Å². The molecule has 0 aliphatic rings. The minimum atomic E-state index is -3.57. The van der Waals surface area contributed by atoms with Gasteiger partial charge in [0.05, 0.1) is 23.9 Å². The third-order valence-corrected chi connectivity index (χ3v) is 5.36. The summed E-state index contributed by atoms with van der Waals surface area (Å²) in [5.74, 6) is -2.68. The molecule has 1 aromatic heterocycles. The largest absolute Gasteiger partial charge is 0.481 e. The van der Waals surface area contributed by atoms with Crippen molar-refractivity contribution in [2.45, 2.75) is 12.0 Å². The highest BCUT2D eigenvalue weighted by molar-refractivity contribution is 7.92. The van der Waals surface area contributed by atoms with Crippen LogP contribution in [0.5, 0.6) is 0 Å². The Morgan fingerprint density at radius 3 is 2.31 bits per heavy atom. The van der Waals surface area contributed by atoms with Gasteiger partial charge in [-0.1, -0.05) is 29.8 Å². The Kier molecular flexibility index (Phi) is 5.29. The number of aliphatic carboxylic acids is 2. The molecule has 29 heavy (non-hydrogen) atoms. The smallest absolute Gasteiger partial charge is 0.335 e. The van der Waals surface area contributed by atoms with E-state index in [0.29, 0.717) is 15.9 Å². The third-order valence-electron chi connectivity index (χ3n) is 4.52. The number of sulfonamides is 1. The Hall–Kier alpha value is -3.04. The number of carbonyl (C=O) groups is 2. The quantitative estimate of drug-likeness (QED) is 0.522. The average molecular weight is 437 g/mol. The maximum Gasteiger partial charge on any atom is 0.335 e. The predicted octanol–water partition coefficient (Wildman–Crippen LogP) is 2.97. The molecule has 3 rings (SSSR count). The highest BCUT2D eigenvalue weighted by Crippen LogP contribution is 2.37. The van der Waals surface area contributed by atoms with Crippen LogP contribution < -0.4 is 4.72 Å². The number of anilines is 1. The second-order valence-corrected chi connectivity index (χ2v) is 8.73. The molecule has 0 radical (unpaired) electrons.